The topological polar surface area (TPSA) is 66.5 Å². The van der Waals surface area contributed by atoms with Crippen LogP contribution in [-0.4, -0.2) is 21.5 Å². The summed E-state index contributed by atoms with van der Waals surface area (Å²) < 4.78 is 0. The lowest BCUT2D eigenvalue weighted by Gasteiger charge is -2.35. The van der Waals surface area contributed by atoms with Crippen molar-refractivity contribution in [1.29, 1.82) is 0 Å². The summed E-state index contributed by atoms with van der Waals surface area (Å²) in [5.74, 6) is 0. The van der Waals surface area contributed by atoms with Crippen LogP contribution in [0.25, 0.3) is 0 Å². The Balaban J connectivity index is 3.33. The molecule has 0 rings (SSSR count). The number of nitrogens with two attached hydrogens (primary N) is 1. The Morgan fingerprint density at radius 1 is 0.700 bits per heavy atom. The summed E-state index contributed by atoms with van der Waals surface area (Å²) in [6, 6.07) is 0. The smallest absolute Gasteiger partial charge is 0.139 e. The molecule has 0 aromatic heterocycles. The van der Waals surface area contributed by atoms with E-state index >= 15 is 0 Å². The maximum Gasteiger partial charge on any atom is 0.139 e. The van der Waals surface area contributed by atoms with Gasteiger partial charge in [0.15, 0.2) is 0 Å². The summed E-state index contributed by atoms with van der Waals surface area (Å²) in [6.45, 7) is 5.33. The lowest BCUT2D eigenvalue weighted by Crippen LogP contribution is -2.56. The number of hydrogen-bond acceptors (Lipinski definition) is 3. The van der Waals surface area contributed by atoms with Crippen LogP contribution in [-0.2, 0) is 0 Å². The molecule has 3 nitrogen and oxygen atoms in total. The van der Waals surface area contributed by atoms with Crippen molar-refractivity contribution in [3.05, 3.63) is 0 Å². The van der Waals surface area contributed by atoms with Gasteiger partial charge in [0, 0.05) is 0 Å². The van der Waals surface area contributed by atoms with E-state index in [4.69, 9.17) is 5.73 Å². The first-order valence-corrected chi connectivity index (χ1v) is 8.55. The summed E-state index contributed by atoms with van der Waals surface area (Å²) in [5, 5.41) is 19.7. The van der Waals surface area contributed by atoms with Gasteiger partial charge in [0.25, 0.3) is 0 Å². The van der Waals surface area contributed by atoms with Crippen LogP contribution in [0.4, 0.5) is 0 Å². The Kier molecular flexibility index (Phi) is 10.5. The lowest BCUT2D eigenvalue weighted by molar-refractivity contribution is -0.132. The van der Waals surface area contributed by atoms with Gasteiger partial charge >= 0.3 is 0 Å². The number of hydrogen-bond donors (Lipinski definition) is 3. The van der Waals surface area contributed by atoms with Crippen LogP contribution in [0.1, 0.15) is 97.8 Å². The zero-order chi connectivity index (χ0) is 15.5. The van der Waals surface area contributed by atoms with Gasteiger partial charge in [0.1, 0.15) is 11.3 Å². The first kappa shape index (κ1) is 19.9. The second kappa shape index (κ2) is 10.6. The van der Waals surface area contributed by atoms with E-state index in [9.17, 15) is 10.2 Å². The van der Waals surface area contributed by atoms with Crippen molar-refractivity contribution >= 4 is 0 Å². The molecular formula is C17H37NO2. The average molecular weight is 287 g/mol. The molecule has 0 aliphatic carbocycles. The Hall–Kier alpha value is -0.120. The van der Waals surface area contributed by atoms with E-state index in [1.54, 1.807) is 6.92 Å². The zero-order valence-corrected chi connectivity index (χ0v) is 14.0. The van der Waals surface area contributed by atoms with Crippen molar-refractivity contribution in [2.75, 3.05) is 0 Å². The molecule has 3 heteroatoms. The Morgan fingerprint density at radius 3 is 1.40 bits per heavy atom. The normalized spacial score (nSPS) is 17.7. The van der Waals surface area contributed by atoms with Gasteiger partial charge in [0.2, 0.25) is 0 Å². The van der Waals surface area contributed by atoms with E-state index in [0.29, 0.717) is 6.42 Å². The quantitative estimate of drug-likeness (QED) is 0.353. The van der Waals surface area contributed by atoms with Crippen LogP contribution in [0, 0.1) is 0 Å². The molecule has 2 unspecified atom stereocenters. The fraction of sp³-hybridized carbons (Fsp3) is 1.00. The molecule has 0 amide bonds. The van der Waals surface area contributed by atoms with Crippen molar-refractivity contribution in [2.24, 2.45) is 5.73 Å². The summed E-state index contributed by atoms with van der Waals surface area (Å²) in [7, 11) is 0. The first-order chi connectivity index (χ1) is 9.31. The highest BCUT2D eigenvalue weighted by atomic mass is 16.4. The summed E-state index contributed by atoms with van der Waals surface area (Å²) in [4.78, 5) is 0. The van der Waals surface area contributed by atoms with E-state index < -0.39 is 11.3 Å². The molecule has 122 valence electrons. The molecule has 0 saturated heterocycles. The maximum atomic E-state index is 10.0. The monoisotopic (exact) mass is 287 g/mol. The van der Waals surface area contributed by atoms with Gasteiger partial charge in [-0.1, -0.05) is 77.6 Å². The molecule has 0 aromatic carbocycles. The largest absolute Gasteiger partial charge is 0.386 e. The lowest BCUT2D eigenvalue weighted by atomic mass is 9.88. The van der Waals surface area contributed by atoms with Gasteiger partial charge in [0.05, 0.1) is 0 Å². The third-order valence-corrected chi connectivity index (χ3v) is 4.36. The van der Waals surface area contributed by atoms with E-state index in [0.717, 1.165) is 12.8 Å². The Bertz CT molecular complexity index is 222. The molecule has 20 heavy (non-hydrogen) atoms. The van der Waals surface area contributed by atoms with Crippen LogP contribution in [0.2, 0.25) is 0 Å². The third kappa shape index (κ3) is 9.73. The average Bonchev–Trinajstić information content (AvgIpc) is 2.34. The fourth-order valence-electron chi connectivity index (χ4n) is 2.39. The van der Waals surface area contributed by atoms with Crippen molar-refractivity contribution in [3.8, 4) is 0 Å². The first-order valence-electron chi connectivity index (χ1n) is 8.55. The molecule has 0 fully saturated rings. The van der Waals surface area contributed by atoms with Crippen LogP contribution in [0.3, 0.4) is 0 Å². The molecule has 0 saturated carbocycles. The molecule has 0 spiro atoms. The molecule has 2 atom stereocenters. The van der Waals surface area contributed by atoms with Crippen LogP contribution >= 0.6 is 0 Å². The van der Waals surface area contributed by atoms with E-state index in [2.05, 4.69) is 6.92 Å². The molecule has 0 heterocycles. The number of aliphatic hydroxyl groups is 2. The highest BCUT2D eigenvalue weighted by Gasteiger charge is 2.37. The second-order valence-electron chi connectivity index (χ2n) is 6.71. The number of unbranched alkanes of at least 4 members (excludes halogenated alkanes) is 10. The minimum atomic E-state index is -1.51. The van der Waals surface area contributed by atoms with Gasteiger partial charge in [-0.25, -0.2) is 0 Å². The van der Waals surface area contributed by atoms with E-state index in [-0.39, 0.29) is 0 Å². The molecule has 4 N–H and O–H groups in total. The standard InChI is InChI=1S/C17H37NO2/c1-4-5-6-7-8-9-10-11-12-13-14-15-16(2,19)17(3,18)20/h19-20H,4-15,18H2,1-3H3. The molecular weight excluding hydrogens is 250 g/mol. The third-order valence-electron chi connectivity index (χ3n) is 4.36. The van der Waals surface area contributed by atoms with Gasteiger partial charge in [-0.05, 0) is 20.3 Å². The van der Waals surface area contributed by atoms with Crippen LogP contribution < -0.4 is 5.73 Å². The maximum absolute atomic E-state index is 10.0. The van der Waals surface area contributed by atoms with Crippen LogP contribution in [0.5, 0.6) is 0 Å². The zero-order valence-electron chi connectivity index (χ0n) is 14.0. The fourth-order valence-corrected chi connectivity index (χ4v) is 2.39. The molecule has 0 aliphatic rings. The van der Waals surface area contributed by atoms with Gasteiger partial charge in [-0.2, -0.15) is 0 Å². The second-order valence-corrected chi connectivity index (χ2v) is 6.71. The van der Waals surface area contributed by atoms with Crippen LogP contribution in [0.15, 0.2) is 0 Å². The molecule has 0 aromatic rings. The van der Waals surface area contributed by atoms with Crippen molar-refractivity contribution in [3.63, 3.8) is 0 Å². The molecule has 0 bridgehead atoms. The highest BCUT2D eigenvalue weighted by Crippen LogP contribution is 2.24. The van der Waals surface area contributed by atoms with Gasteiger partial charge in [-0.15, -0.1) is 0 Å². The van der Waals surface area contributed by atoms with Crippen molar-refractivity contribution in [1.82, 2.24) is 0 Å². The minimum absolute atomic E-state index is 0.563. The van der Waals surface area contributed by atoms with Crippen molar-refractivity contribution < 1.29 is 10.2 Å². The van der Waals surface area contributed by atoms with Gasteiger partial charge in [-0.3, -0.25) is 0 Å². The number of rotatable bonds is 13. The minimum Gasteiger partial charge on any atom is -0.386 e. The summed E-state index contributed by atoms with van der Waals surface area (Å²) in [5.41, 5.74) is 2.85. The molecule has 0 aliphatic heterocycles. The highest BCUT2D eigenvalue weighted by molar-refractivity contribution is 4.88. The van der Waals surface area contributed by atoms with Crippen molar-refractivity contribution in [2.45, 2.75) is 109 Å². The Morgan fingerprint density at radius 2 is 1.05 bits per heavy atom. The Labute approximate surface area is 126 Å². The van der Waals surface area contributed by atoms with E-state index in [1.165, 1.54) is 64.7 Å². The molecule has 0 radical (unpaired) electrons. The predicted molar refractivity (Wildman–Crippen MR) is 86.5 cm³/mol. The predicted octanol–water partition coefficient (Wildman–Crippen LogP) is 4.11. The SMILES string of the molecule is CCCCCCCCCCCCCC(C)(O)C(C)(N)O. The van der Waals surface area contributed by atoms with E-state index in [1.807, 2.05) is 0 Å². The summed E-state index contributed by atoms with van der Waals surface area (Å²) in [6.07, 6.45) is 14.7. The summed E-state index contributed by atoms with van der Waals surface area (Å²) >= 11 is 0. The van der Waals surface area contributed by atoms with Gasteiger partial charge < -0.3 is 15.9 Å².